The van der Waals surface area contributed by atoms with Crippen molar-refractivity contribution < 1.29 is 9.59 Å². The quantitative estimate of drug-likeness (QED) is 0.564. The third-order valence-corrected chi connectivity index (χ3v) is 5.35. The number of hydrogen-bond donors (Lipinski definition) is 3. The van der Waals surface area contributed by atoms with Gasteiger partial charge in [0.1, 0.15) is 5.25 Å². The van der Waals surface area contributed by atoms with Crippen LogP contribution in [-0.4, -0.2) is 33.7 Å². The van der Waals surface area contributed by atoms with Crippen LogP contribution < -0.4 is 10.6 Å². The second-order valence-corrected chi connectivity index (χ2v) is 7.22. The zero-order chi connectivity index (χ0) is 18.4. The van der Waals surface area contributed by atoms with E-state index in [2.05, 4.69) is 25.8 Å². The zero-order valence-corrected chi connectivity index (χ0v) is 15.6. The molecule has 0 fully saturated rings. The molecule has 7 nitrogen and oxygen atoms in total. The molecule has 3 amide bonds. The maximum atomic E-state index is 12.6. The lowest BCUT2D eigenvalue weighted by molar-refractivity contribution is -0.119. The lowest BCUT2D eigenvalue weighted by Crippen LogP contribution is -2.41. The van der Waals surface area contributed by atoms with Crippen LogP contribution in [-0.2, 0) is 4.79 Å². The number of aromatic nitrogens is 3. The fourth-order valence-electron chi connectivity index (χ4n) is 2.21. The van der Waals surface area contributed by atoms with E-state index in [4.69, 9.17) is 0 Å². The molecule has 0 spiro atoms. The molecular formula is C17H17N5O2S2. The van der Waals surface area contributed by atoms with Gasteiger partial charge in [-0.3, -0.25) is 15.2 Å². The number of carbonyl (C=O) groups is 2. The van der Waals surface area contributed by atoms with E-state index in [1.54, 1.807) is 18.3 Å². The highest BCUT2D eigenvalue weighted by atomic mass is 32.2. The molecule has 0 saturated carbocycles. The summed E-state index contributed by atoms with van der Waals surface area (Å²) in [4.78, 5) is 29.7. The molecule has 26 heavy (non-hydrogen) atoms. The summed E-state index contributed by atoms with van der Waals surface area (Å²) < 4.78 is 0. The Morgan fingerprint density at radius 1 is 1.23 bits per heavy atom. The van der Waals surface area contributed by atoms with Crippen molar-refractivity contribution in [1.29, 1.82) is 0 Å². The number of benzene rings is 1. The Kier molecular flexibility index (Phi) is 6.03. The minimum absolute atomic E-state index is 0.422. The van der Waals surface area contributed by atoms with Crippen molar-refractivity contribution in [2.45, 2.75) is 17.3 Å². The molecular weight excluding hydrogens is 370 g/mol. The van der Waals surface area contributed by atoms with Crippen molar-refractivity contribution in [2.24, 2.45) is 0 Å². The first kappa shape index (κ1) is 18.2. The van der Waals surface area contributed by atoms with Gasteiger partial charge in [0.2, 0.25) is 11.1 Å². The summed E-state index contributed by atoms with van der Waals surface area (Å²) in [7, 11) is 0. The normalized spacial score (nSPS) is 11.7. The van der Waals surface area contributed by atoms with Gasteiger partial charge < -0.3 is 5.32 Å². The van der Waals surface area contributed by atoms with Crippen LogP contribution in [0.2, 0.25) is 0 Å². The molecule has 0 radical (unpaired) electrons. The van der Waals surface area contributed by atoms with Gasteiger partial charge in [-0.1, -0.05) is 48.2 Å². The predicted octanol–water partition coefficient (Wildman–Crippen LogP) is 3.21. The number of imide groups is 1. The standard InChI is InChI=1S/C17H17N5O2S2/c1-2-18-16(24)20-15(23)13(11-7-4-3-5-8-11)26-17-19-14(21-22-17)12-9-6-10-25-12/h3-10,13H,2H2,1H3,(H,19,21,22)(H2,18,20,23,24)/t13-/m1/s1. The zero-order valence-electron chi connectivity index (χ0n) is 13.9. The van der Waals surface area contributed by atoms with Crippen molar-refractivity contribution in [2.75, 3.05) is 6.54 Å². The molecule has 0 aliphatic heterocycles. The highest BCUT2D eigenvalue weighted by Gasteiger charge is 2.25. The number of aromatic amines is 1. The number of nitrogens with one attached hydrogen (secondary N) is 3. The Balaban J connectivity index is 1.80. The maximum Gasteiger partial charge on any atom is 0.321 e. The molecule has 0 bridgehead atoms. The summed E-state index contributed by atoms with van der Waals surface area (Å²) in [5, 5.41) is 13.7. The van der Waals surface area contributed by atoms with Crippen LogP contribution >= 0.6 is 23.1 Å². The number of nitrogens with zero attached hydrogens (tertiary/aromatic N) is 2. The van der Waals surface area contributed by atoms with Crippen LogP contribution in [0.5, 0.6) is 0 Å². The largest absolute Gasteiger partial charge is 0.338 e. The van der Waals surface area contributed by atoms with Crippen LogP contribution in [0.25, 0.3) is 10.7 Å². The van der Waals surface area contributed by atoms with Crippen molar-refractivity contribution in [3.8, 4) is 10.7 Å². The number of carbonyl (C=O) groups excluding carboxylic acids is 2. The third kappa shape index (κ3) is 4.50. The molecule has 0 aliphatic carbocycles. The molecule has 134 valence electrons. The first-order chi connectivity index (χ1) is 12.7. The van der Waals surface area contributed by atoms with E-state index in [9.17, 15) is 9.59 Å². The van der Waals surface area contributed by atoms with Gasteiger partial charge in [-0.25, -0.2) is 9.78 Å². The Labute approximate surface area is 158 Å². The van der Waals surface area contributed by atoms with Crippen LogP contribution in [0.4, 0.5) is 4.79 Å². The van der Waals surface area contributed by atoms with Gasteiger partial charge in [0, 0.05) is 6.54 Å². The third-order valence-electron chi connectivity index (χ3n) is 3.36. The maximum absolute atomic E-state index is 12.6. The Morgan fingerprint density at radius 3 is 2.73 bits per heavy atom. The van der Waals surface area contributed by atoms with Crippen LogP contribution in [0, 0.1) is 0 Å². The molecule has 3 N–H and O–H groups in total. The monoisotopic (exact) mass is 387 g/mol. The summed E-state index contributed by atoms with van der Waals surface area (Å²) >= 11 is 2.74. The highest BCUT2D eigenvalue weighted by Crippen LogP contribution is 2.34. The van der Waals surface area contributed by atoms with Gasteiger partial charge in [0.05, 0.1) is 4.88 Å². The van der Waals surface area contributed by atoms with E-state index in [-0.39, 0.29) is 0 Å². The van der Waals surface area contributed by atoms with E-state index in [0.29, 0.717) is 17.5 Å². The predicted molar refractivity (Wildman–Crippen MR) is 102 cm³/mol. The van der Waals surface area contributed by atoms with E-state index >= 15 is 0 Å². The first-order valence-corrected chi connectivity index (χ1v) is 9.70. The summed E-state index contributed by atoms with van der Waals surface area (Å²) in [5.41, 5.74) is 0.766. The van der Waals surface area contributed by atoms with Crippen molar-refractivity contribution >= 4 is 35.0 Å². The first-order valence-electron chi connectivity index (χ1n) is 7.94. The molecule has 2 aromatic heterocycles. The average molecular weight is 387 g/mol. The second kappa shape index (κ2) is 8.63. The fourth-order valence-corrected chi connectivity index (χ4v) is 3.79. The number of urea groups is 1. The van der Waals surface area contributed by atoms with E-state index < -0.39 is 17.2 Å². The number of rotatable bonds is 6. The number of thioether (sulfide) groups is 1. The molecule has 3 aromatic rings. The van der Waals surface area contributed by atoms with Crippen molar-refractivity contribution in [3.05, 3.63) is 53.4 Å². The number of hydrogen-bond acceptors (Lipinski definition) is 6. The van der Waals surface area contributed by atoms with Gasteiger partial charge in [-0.2, -0.15) is 0 Å². The minimum atomic E-state index is -0.647. The Hall–Kier alpha value is -2.65. The summed E-state index contributed by atoms with van der Waals surface area (Å²) in [6.07, 6.45) is 0. The molecule has 2 heterocycles. The van der Waals surface area contributed by atoms with E-state index in [0.717, 1.165) is 10.4 Å². The van der Waals surface area contributed by atoms with Crippen LogP contribution in [0.15, 0.2) is 53.0 Å². The van der Waals surface area contributed by atoms with Gasteiger partial charge in [0.25, 0.3) is 0 Å². The molecule has 0 unspecified atom stereocenters. The van der Waals surface area contributed by atoms with Gasteiger partial charge in [-0.05, 0) is 23.9 Å². The average Bonchev–Trinajstić information content (AvgIpc) is 3.32. The van der Waals surface area contributed by atoms with Gasteiger partial charge in [0.15, 0.2) is 5.82 Å². The highest BCUT2D eigenvalue weighted by molar-refractivity contribution is 8.00. The molecule has 1 atom stereocenters. The van der Waals surface area contributed by atoms with Crippen molar-refractivity contribution in [1.82, 2.24) is 25.8 Å². The smallest absolute Gasteiger partial charge is 0.321 e. The molecule has 3 rings (SSSR count). The minimum Gasteiger partial charge on any atom is -0.338 e. The molecule has 1 aromatic carbocycles. The lowest BCUT2D eigenvalue weighted by Gasteiger charge is -2.14. The Bertz CT molecular complexity index is 864. The second-order valence-electron chi connectivity index (χ2n) is 5.20. The summed E-state index contributed by atoms with van der Waals surface area (Å²) in [6.45, 7) is 2.22. The van der Waals surface area contributed by atoms with E-state index in [1.165, 1.54) is 11.8 Å². The number of thiophene rings is 1. The molecule has 0 aliphatic rings. The van der Waals surface area contributed by atoms with Gasteiger partial charge >= 0.3 is 6.03 Å². The summed E-state index contributed by atoms with van der Waals surface area (Å²) in [6, 6.07) is 12.6. The lowest BCUT2D eigenvalue weighted by atomic mass is 10.1. The van der Waals surface area contributed by atoms with Crippen LogP contribution in [0.1, 0.15) is 17.7 Å². The Morgan fingerprint density at radius 2 is 2.04 bits per heavy atom. The fraction of sp³-hybridized carbons (Fsp3) is 0.176. The molecule has 0 saturated heterocycles. The summed E-state index contributed by atoms with van der Waals surface area (Å²) in [5.74, 6) is 0.230. The molecule has 9 heteroatoms. The topological polar surface area (TPSA) is 99.8 Å². The van der Waals surface area contributed by atoms with Crippen LogP contribution in [0.3, 0.4) is 0 Å². The van der Waals surface area contributed by atoms with Gasteiger partial charge in [-0.15, -0.1) is 16.4 Å². The van der Waals surface area contributed by atoms with Crippen molar-refractivity contribution in [3.63, 3.8) is 0 Å². The number of H-pyrrole nitrogens is 1. The SMILES string of the molecule is CCNC(=O)NC(=O)[C@H](Sc1n[nH]c(-c2cccs2)n1)c1ccccc1. The van der Waals surface area contributed by atoms with E-state index in [1.807, 2.05) is 47.8 Å². The number of amides is 3.